The molecular weight excluding hydrogens is 512 g/mol. The molecule has 2 fully saturated rings. The third-order valence-electron chi connectivity index (χ3n) is 7.47. The topological polar surface area (TPSA) is 104 Å². The van der Waals surface area contributed by atoms with Crippen LogP contribution in [0.2, 0.25) is 0 Å². The molecule has 9 heteroatoms. The van der Waals surface area contributed by atoms with Crippen LogP contribution in [0.5, 0.6) is 0 Å². The van der Waals surface area contributed by atoms with Gasteiger partial charge < -0.3 is 34.3 Å². The Labute approximate surface area is 240 Å². The summed E-state index contributed by atoms with van der Waals surface area (Å²) in [7, 11) is 1.36. The minimum atomic E-state index is -0.746. The molecule has 5 atom stereocenters. The van der Waals surface area contributed by atoms with Gasteiger partial charge in [-0.3, -0.25) is 4.79 Å². The molecule has 0 spiro atoms. The van der Waals surface area contributed by atoms with E-state index in [1.165, 1.54) is 58.5 Å². The maximum Gasteiger partial charge on any atom is 0.319 e. The fourth-order valence-corrected chi connectivity index (χ4v) is 5.32. The van der Waals surface area contributed by atoms with E-state index in [2.05, 4.69) is 17.6 Å². The number of ether oxygens (including phenoxy) is 5. The monoisotopic (exact) mass is 562 g/mol. The Kier molecular flexibility index (Phi) is 13.2. The Morgan fingerprint density at radius 1 is 0.925 bits per heavy atom. The minimum Gasteiger partial charge on any atom is -0.469 e. The molecule has 226 valence electrons. The highest BCUT2D eigenvalue weighted by atomic mass is 16.8. The van der Waals surface area contributed by atoms with E-state index < -0.39 is 18.2 Å². The molecule has 9 nitrogen and oxygen atoms in total. The van der Waals surface area contributed by atoms with Crippen LogP contribution in [0, 0.1) is 0 Å². The van der Waals surface area contributed by atoms with Gasteiger partial charge in [0.2, 0.25) is 0 Å². The second kappa shape index (κ2) is 16.3. The van der Waals surface area contributed by atoms with Crippen LogP contribution in [0.4, 0.5) is 10.5 Å². The summed E-state index contributed by atoms with van der Waals surface area (Å²) in [5, 5.41) is 5.79. The lowest BCUT2D eigenvalue weighted by Gasteiger charge is -2.27. The number of methoxy groups -OCH3 is 1. The Hall–Kier alpha value is -2.20. The maximum absolute atomic E-state index is 12.7. The number of esters is 1. The van der Waals surface area contributed by atoms with Crippen LogP contribution in [0.3, 0.4) is 0 Å². The third kappa shape index (κ3) is 10.3. The second-order valence-electron chi connectivity index (χ2n) is 11.4. The predicted molar refractivity (Wildman–Crippen MR) is 154 cm³/mol. The average molecular weight is 563 g/mol. The van der Waals surface area contributed by atoms with Crippen molar-refractivity contribution in [2.75, 3.05) is 19.0 Å². The molecule has 1 unspecified atom stereocenters. The van der Waals surface area contributed by atoms with Crippen LogP contribution in [-0.4, -0.2) is 62.1 Å². The molecule has 2 N–H and O–H groups in total. The number of amides is 2. The summed E-state index contributed by atoms with van der Waals surface area (Å²) >= 11 is 0. The van der Waals surface area contributed by atoms with Gasteiger partial charge in [-0.2, -0.15) is 0 Å². The molecule has 1 aromatic rings. The fourth-order valence-electron chi connectivity index (χ4n) is 5.32. The molecule has 40 heavy (non-hydrogen) atoms. The van der Waals surface area contributed by atoms with E-state index in [0.29, 0.717) is 12.3 Å². The summed E-state index contributed by atoms with van der Waals surface area (Å²) in [4.78, 5) is 24.2. The van der Waals surface area contributed by atoms with Gasteiger partial charge in [0.05, 0.1) is 19.6 Å². The van der Waals surface area contributed by atoms with E-state index in [1.807, 2.05) is 20.8 Å². The predicted octanol–water partition coefficient (Wildman–Crippen LogP) is 6.09. The van der Waals surface area contributed by atoms with Gasteiger partial charge in [-0.1, -0.05) is 76.8 Å². The number of hydrogen-bond donors (Lipinski definition) is 2. The van der Waals surface area contributed by atoms with Gasteiger partial charge in [-0.05, 0) is 44.9 Å². The third-order valence-corrected chi connectivity index (χ3v) is 7.47. The van der Waals surface area contributed by atoms with Crippen molar-refractivity contribution in [2.45, 2.75) is 135 Å². The lowest BCUT2D eigenvalue weighted by Crippen LogP contribution is -2.48. The molecule has 0 aromatic heterocycles. The average Bonchev–Trinajstić information content (AvgIpc) is 3.41. The molecule has 2 saturated heterocycles. The van der Waals surface area contributed by atoms with E-state index in [-0.39, 0.29) is 36.7 Å². The summed E-state index contributed by atoms with van der Waals surface area (Å²) in [6.07, 6.45) is 11.2. The first kappa shape index (κ1) is 32.3. The van der Waals surface area contributed by atoms with Crippen LogP contribution in [0.1, 0.15) is 97.5 Å². The number of fused-ring (bicyclic) bond motifs is 1. The molecule has 2 aliphatic heterocycles. The number of unbranched alkanes of at least 4 members (excludes halogenated alkanes) is 9. The number of hydrogen-bond acceptors (Lipinski definition) is 7. The summed E-state index contributed by atoms with van der Waals surface area (Å²) in [5.41, 5.74) is 1.42. The van der Waals surface area contributed by atoms with Gasteiger partial charge in [0, 0.05) is 12.3 Å². The Bertz CT molecular complexity index is 907. The number of nitrogens with one attached hydrogen (secondary N) is 2. The minimum absolute atomic E-state index is 0.183. The number of urea groups is 1. The van der Waals surface area contributed by atoms with Crippen LogP contribution < -0.4 is 10.6 Å². The summed E-state index contributed by atoms with van der Waals surface area (Å²) < 4.78 is 29.3. The molecule has 1 aromatic carbocycles. The van der Waals surface area contributed by atoms with Crippen molar-refractivity contribution in [3.8, 4) is 0 Å². The molecule has 2 aliphatic rings. The quantitative estimate of drug-likeness (QED) is 0.175. The first-order chi connectivity index (χ1) is 19.2. The SMILES string of the molecule is CCCCCCCCCCCCO[C@H]1O[C@H](C(C)NC(=O)Nc2ccc(CC(=O)OC)cc2)[C@@H]2OC(C)(C)O[C@H]12. The van der Waals surface area contributed by atoms with E-state index in [1.54, 1.807) is 24.3 Å². The molecule has 0 saturated carbocycles. The van der Waals surface area contributed by atoms with Crippen molar-refractivity contribution < 1.29 is 33.3 Å². The number of anilines is 1. The Morgan fingerprint density at radius 3 is 2.15 bits per heavy atom. The zero-order chi connectivity index (χ0) is 29.0. The molecule has 3 rings (SSSR count). The lowest BCUT2D eigenvalue weighted by molar-refractivity contribution is -0.235. The lowest BCUT2D eigenvalue weighted by atomic mass is 10.1. The molecule has 0 radical (unpaired) electrons. The molecule has 0 aliphatic carbocycles. The van der Waals surface area contributed by atoms with Crippen molar-refractivity contribution in [3.05, 3.63) is 29.8 Å². The van der Waals surface area contributed by atoms with Crippen molar-refractivity contribution in [3.63, 3.8) is 0 Å². The molecule has 2 heterocycles. The van der Waals surface area contributed by atoms with Crippen molar-refractivity contribution >= 4 is 17.7 Å². The van der Waals surface area contributed by atoms with Crippen LogP contribution in [-0.2, 0) is 34.9 Å². The van der Waals surface area contributed by atoms with E-state index in [9.17, 15) is 9.59 Å². The van der Waals surface area contributed by atoms with Gasteiger partial charge in [-0.15, -0.1) is 0 Å². The highest BCUT2D eigenvalue weighted by Gasteiger charge is 2.57. The molecular formula is C31H50N2O7. The Morgan fingerprint density at radius 2 is 1.52 bits per heavy atom. The van der Waals surface area contributed by atoms with Crippen LogP contribution in [0.15, 0.2) is 24.3 Å². The zero-order valence-corrected chi connectivity index (χ0v) is 25.0. The smallest absolute Gasteiger partial charge is 0.319 e. The van der Waals surface area contributed by atoms with Gasteiger partial charge in [0.1, 0.15) is 18.3 Å². The fraction of sp³-hybridized carbons (Fsp3) is 0.742. The molecule has 2 amide bonds. The van der Waals surface area contributed by atoms with E-state index >= 15 is 0 Å². The van der Waals surface area contributed by atoms with E-state index in [0.717, 1.165) is 18.4 Å². The number of benzene rings is 1. The standard InChI is InChI=1S/C31H50N2O7/c1-6-7-8-9-10-11-12-13-14-15-20-37-29-28-27(39-31(3,4)40-28)26(38-29)22(2)32-30(35)33-24-18-16-23(17-19-24)21-25(34)36-5/h16-19,22,26-29H,6-15,20-21H2,1-5H3,(H2,32,33,35)/t22?,26-,27+,28+,29+/m1/s1. The second-order valence-corrected chi connectivity index (χ2v) is 11.4. The maximum atomic E-state index is 12.7. The van der Waals surface area contributed by atoms with Gasteiger partial charge in [-0.25, -0.2) is 4.79 Å². The summed E-state index contributed by atoms with van der Waals surface area (Å²) in [6.45, 7) is 8.52. The number of rotatable bonds is 17. The largest absolute Gasteiger partial charge is 0.469 e. The number of carbonyl (C=O) groups excluding carboxylic acids is 2. The van der Waals surface area contributed by atoms with Crippen LogP contribution >= 0.6 is 0 Å². The summed E-state index contributed by atoms with van der Waals surface area (Å²) in [6, 6.07) is 6.35. The molecule has 0 bridgehead atoms. The highest BCUT2D eigenvalue weighted by Crippen LogP contribution is 2.40. The normalized spacial score (nSPS) is 23.9. The highest BCUT2D eigenvalue weighted by molar-refractivity contribution is 5.89. The summed E-state index contributed by atoms with van der Waals surface area (Å²) in [5.74, 6) is -1.06. The van der Waals surface area contributed by atoms with Crippen molar-refractivity contribution in [1.29, 1.82) is 0 Å². The first-order valence-electron chi connectivity index (χ1n) is 15.1. The van der Waals surface area contributed by atoms with Gasteiger partial charge in [0.25, 0.3) is 0 Å². The van der Waals surface area contributed by atoms with Crippen molar-refractivity contribution in [2.24, 2.45) is 0 Å². The van der Waals surface area contributed by atoms with E-state index in [4.69, 9.17) is 23.7 Å². The first-order valence-corrected chi connectivity index (χ1v) is 15.1. The van der Waals surface area contributed by atoms with Gasteiger partial charge in [0.15, 0.2) is 12.1 Å². The van der Waals surface area contributed by atoms with Crippen LogP contribution in [0.25, 0.3) is 0 Å². The van der Waals surface area contributed by atoms with Gasteiger partial charge >= 0.3 is 12.0 Å². The number of carbonyl (C=O) groups is 2. The Balaban J connectivity index is 1.41. The van der Waals surface area contributed by atoms with Crippen molar-refractivity contribution in [1.82, 2.24) is 5.32 Å². The zero-order valence-electron chi connectivity index (χ0n) is 25.0.